The van der Waals surface area contributed by atoms with Crippen molar-refractivity contribution in [1.29, 1.82) is 0 Å². The molecule has 2 aromatic carbocycles. The highest BCUT2D eigenvalue weighted by molar-refractivity contribution is 6.46. The van der Waals surface area contributed by atoms with Gasteiger partial charge in [-0.25, -0.2) is 0 Å². The first kappa shape index (κ1) is 20.6. The van der Waals surface area contributed by atoms with Gasteiger partial charge in [0.15, 0.2) is 0 Å². The molecule has 29 heavy (non-hydrogen) atoms. The molecule has 0 radical (unpaired) electrons. The minimum Gasteiger partial charge on any atom is -0.507 e. The van der Waals surface area contributed by atoms with Crippen molar-refractivity contribution in [2.24, 2.45) is 0 Å². The third-order valence-electron chi connectivity index (χ3n) is 5.39. The molecule has 0 bridgehead atoms. The van der Waals surface area contributed by atoms with Crippen LogP contribution in [0.4, 0.5) is 5.69 Å². The largest absolute Gasteiger partial charge is 0.507 e. The van der Waals surface area contributed by atoms with Crippen molar-refractivity contribution < 1.29 is 14.7 Å². The summed E-state index contributed by atoms with van der Waals surface area (Å²) in [6, 6.07) is 16.3. The number of benzene rings is 2. The maximum absolute atomic E-state index is 12.8. The highest BCUT2D eigenvalue weighted by Gasteiger charge is 2.45. The zero-order chi connectivity index (χ0) is 21.0. The molecule has 1 aliphatic rings. The Morgan fingerprint density at radius 1 is 0.966 bits per heavy atom. The summed E-state index contributed by atoms with van der Waals surface area (Å²) in [6.45, 7) is 8.44. The van der Waals surface area contributed by atoms with Gasteiger partial charge >= 0.3 is 0 Å². The number of hydrogen-bond acceptors (Lipinski definition) is 4. The molecule has 1 saturated heterocycles. The standard InChI is InChI=1S/C24H28N2O3/c1-4-16-26-21(17-12-14-19(15-13-17)25(5-2)6-3)20(23(28)24(26)29)22(27)18-10-8-7-9-11-18/h7-15,21,27H,4-6,16H2,1-3H3/b22-20-. The number of Topliss-reactive ketones (excluding diaryl/α,β-unsaturated/α-hetero) is 1. The first-order valence-electron chi connectivity index (χ1n) is 10.2. The average molecular weight is 392 g/mol. The van der Waals surface area contributed by atoms with Crippen LogP contribution in [0.2, 0.25) is 0 Å². The van der Waals surface area contributed by atoms with Crippen molar-refractivity contribution in [3.8, 4) is 0 Å². The number of carbonyl (C=O) groups excluding carboxylic acids is 2. The number of carbonyl (C=O) groups is 2. The van der Waals surface area contributed by atoms with Crippen LogP contribution in [0.15, 0.2) is 60.2 Å². The zero-order valence-corrected chi connectivity index (χ0v) is 17.3. The average Bonchev–Trinajstić information content (AvgIpc) is 3.00. The van der Waals surface area contributed by atoms with Crippen molar-refractivity contribution >= 4 is 23.1 Å². The fraction of sp³-hybridized carbons (Fsp3) is 0.333. The SMILES string of the molecule is CCCN1C(=O)C(=O)/C(=C(\O)c2ccccc2)C1c1ccc(N(CC)CC)cc1. The van der Waals surface area contributed by atoms with Crippen molar-refractivity contribution in [2.75, 3.05) is 24.5 Å². The van der Waals surface area contributed by atoms with Crippen LogP contribution in [0.1, 0.15) is 44.4 Å². The Morgan fingerprint density at radius 2 is 1.59 bits per heavy atom. The predicted octanol–water partition coefficient (Wildman–Crippen LogP) is 4.36. The van der Waals surface area contributed by atoms with Crippen molar-refractivity contribution in [3.63, 3.8) is 0 Å². The highest BCUT2D eigenvalue weighted by Crippen LogP contribution is 2.39. The Hall–Kier alpha value is -3.08. The van der Waals surface area contributed by atoms with Gasteiger partial charge in [0.1, 0.15) is 5.76 Å². The molecule has 5 nitrogen and oxygen atoms in total. The van der Waals surface area contributed by atoms with Gasteiger partial charge in [0, 0.05) is 30.9 Å². The second-order valence-electron chi connectivity index (χ2n) is 7.12. The summed E-state index contributed by atoms with van der Waals surface area (Å²) in [5.74, 6) is -1.31. The molecule has 0 aliphatic carbocycles. The summed E-state index contributed by atoms with van der Waals surface area (Å²) < 4.78 is 0. The Kier molecular flexibility index (Phi) is 6.37. The zero-order valence-electron chi connectivity index (χ0n) is 17.3. The van der Waals surface area contributed by atoms with E-state index in [1.807, 2.05) is 37.3 Å². The van der Waals surface area contributed by atoms with Gasteiger partial charge in [-0.15, -0.1) is 0 Å². The molecule has 1 fully saturated rings. The lowest BCUT2D eigenvalue weighted by molar-refractivity contribution is -0.139. The first-order valence-corrected chi connectivity index (χ1v) is 10.2. The van der Waals surface area contributed by atoms with E-state index in [-0.39, 0.29) is 11.3 Å². The van der Waals surface area contributed by atoms with Crippen LogP contribution < -0.4 is 4.90 Å². The van der Waals surface area contributed by atoms with E-state index < -0.39 is 17.7 Å². The van der Waals surface area contributed by atoms with Crippen LogP contribution in [0.25, 0.3) is 5.76 Å². The van der Waals surface area contributed by atoms with E-state index in [1.165, 1.54) is 0 Å². The molecule has 1 atom stereocenters. The molecule has 0 aromatic heterocycles. The molecule has 3 rings (SSSR count). The van der Waals surface area contributed by atoms with E-state index in [1.54, 1.807) is 29.2 Å². The molecule has 1 unspecified atom stereocenters. The van der Waals surface area contributed by atoms with Gasteiger partial charge in [-0.2, -0.15) is 0 Å². The highest BCUT2D eigenvalue weighted by atomic mass is 16.3. The molecule has 1 amide bonds. The number of anilines is 1. The third kappa shape index (κ3) is 3.90. The van der Waals surface area contributed by atoms with Gasteiger partial charge in [0.05, 0.1) is 11.6 Å². The topological polar surface area (TPSA) is 60.9 Å². The first-order chi connectivity index (χ1) is 14.0. The van der Waals surface area contributed by atoms with E-state index in [2.05, 4.69) is 18.7 Å². The number of aliphatic hydroxyl groups is 1. The van der Waals surface area contributed by atoms with Gasteiger partial charge in [-0.05, 0) is 38.0 Å². The Balaban J connectivity index is 2.10. The molecule has 0 saturated carbocycles. The van der Waals surface area contributed by atoms with E-state index >= 15 is 0 Å². The predicted molar refractivity (Wildman–Crippen MR) is 116 cm³/mol. The van der Waals surface area contributed by atoms with Gasteiger partial charge < -0.3 is 14.9 Å². The van der Waals surface area contributed by atoms with E-state index in [4.69, 9.17) is 0 Å². The molecular weight excluding hydrogens is 364 g/mol. The fourth-order valence-electron chi connectivity index (χ4n) is 3.91. The quantitative estimate of drug-likeness (QED) is 0.432. The Morgan fingerprint density at radius 3 is 2.14 bits per heavy atom. The molecule has 1 heterocycles. The summed E-state index contributed by atoms with van der Waals surface area (Å²) in [5, 5.41) is 10.9. The maximum Gasteiger partial charge on any atom is 0.295 e. The van der Waals surface area contributed by atoms with Gasteiger partial charge in [-0.3, -0.25) is 9.59 Å². The number of aliphatic hydroxyl groups excluding tert-OH is 1. The van der Waals surface area contributed by atoms with E-state index in [0.717, 1.165) is 30.8 Å². The van der Waals surface area contributed by atoms with Crippen LogP contribution in [-0.2, 0) is 9.59 Å². The van der Waals surface area contributed by atoms with Crippen molar-refractivity contribution in [1.82, 2.24) is 4.90 Å². The lowest BCUT2D eigenvalue weighted by atomic mass is 9.95. The van der Waals surface area contributed by atoms with Crippen molar-refractivity contribution in [2.45, 2.75) is 33.2 Å². The number of rotatable bonds is 7. The minimum atomic E-state index is -0.627. The van der Waals surface area contributed by atoms with Crippen LogP contribution >= 0.6 is 0 Å². The Labute approximate surface area is 172 Å². The minimum absolute atomic E-state index is 0.125. The molecule has 0 spiro atoms. The van der Waals surface area contributed by atoms with Crippen LogP contribution in [-0.4, -0.2) is 41.3 Å². The molecule has 152 valence electrons. The molecule has 1 aliphatic heterocycles. The van der Waals surface area contributed by atoms with E-state index in [9.17, 15) is 14.7 Å². The van der Waals surface area contributed by atoms with Crippen molar-refractivity contribution in [3.05, 3.63) is 71.3 Å². The normalized spacial score (nSPS) is 18.3. The van der Waals surface area contributed by atoms with Crippen LogP contribution in [0, 0.1) is 0 Å². The molecule has 5 heteroatoms. The summed E-state index contributed by atoms with van der Waals surface area (Å²) in [7, 11) is 0. The fourth-order valence-corrected chi connectivity index (χ4v) is 3.91. The smallest absolute Gasteiger partial charge is 0.295 e. The number of likely N-dealkylation sites (tertiary alicyclic amines) is 1. The van der Waals surface area contributed by atoms with E-state index in [0.29, 0.717) is 12.1 Å². The number of ketones is 1. The van der Waals surface area contributed by atoms with Gasteiger partial charge in [0.25, 0.3) is 11.7 Å². The second kappa shape index (κ2) is 8.95. The van der Waals surface area contributed by atoms with Crippen LogP contribution in [0.5, 0.6) is 0 Å². The summed E-state index contributed by atoms with van der Waals surface area (Å²) in [6.07, 6.45) is 0.729. The monoisotopic (exact) mass is 392 g/mol. The molecule has 2 aromatic rings. The number of nitrogens with zero attached hydrogens (tertiary/aromatic N) is 2. The third-order valence-corrected chi connectivity index (χ3v) is 5.39. The molecule has 1 N–H and O–H groups in total. The summed E-state index contributed by atoms with van der Waals surface area (Å²) in [5.41, 5.74) is 2.61. The lowest BCUT2D eigenvalue weighted by Crippen LogP contribution is -2.30. The molecular formula is C24H28N2O3. The van der Waals surface area contributed by atoms with Crippen LogP contribution in [0.3, 0.4) is 0 Å². The summed E-state index contributed by atoms with van der Waals surface area (Å²) in [4.78, 5) is 29.4. The lowest BCUT2D eigenvalue weighted by Gasteiger charge is -2.26. The maximum atomic E-state index is 12.8. The summed E-state index contributed by atoms with van der Waals surface area (Å²) >= 11 is 0. The number of amides is 1. The van der Waals surface area contributed by atoms with Gasteiger partial charge in [-0.1, -0.05) is 49.4 Å². The Bertz CT molecular complexity index is 899. The second-order valence-corrected chi connectivity index (χ2v) is 7.12. The number of hydrogen-bond donors (Lipinski definition) is 1. The van der Waals surface area contributed by atoms with Gasteiger partial charge in [0.2, 0.25) is 0 Å².